The number of hydrogen-bond donors (Lipinski definition) is 3. The maximum absolute atomic E-state index is 12.4. The van der Waals surface area contributed by atoms with Crippen molar-refractivity contribution in [2.24, 2.45) is 0 Å². The van der Waals surface area contributed by atoms with Gasteiger partial charge in [-0.1, -0.05) is 274 Å². The lowest BCUT2D eigenvalue weighted by Gasteiger charge is -2.19. The Hall–Kier alpha value is -1.65. The quantitative estimate of drug-likeness (QED) is 0.0421. The van der Waals surface area contributed by atoms with E-state index in [-0.39, 0.29) is 12.5 Å². The SMILES string of the molecule is CCCCCCCCCCC/C=C/CC/C=C/C(O)C(CO)NC(=O)CCCCCCCCCCCCCCCCCCC/C=C\C/C=C\CCCCCCCCCCCCC. The number of aliphatic hydroxyl groups is 2. The van der Waals surface area contributed by atoms with Gasteiger partial charge in [0, 0.05) is 6.42 Å². The topological polar surface area (TPSA) is 69.6 Å². The van der Waals surface area contributed by atoms with E-state index >= 15 is 0 Å². The molecule has 0 aromatic heterocycles. The van der Waals surface area contributed by atoms with Gasteiger partial charge in [-0.2, -0.15) is 0 Å². The summed E-state index contributed by atoms with van der Waals surface area (Å²) in [5.74, 6) is -0.0715. The Balaban J connectivity index is 3.46. The number of rotatable bonds is 51. The highest BCUT2D eigenvalue weighted by Gasteiger charge is 2.18. The highest BCUT2D eigenvalue weighted by molar-refractivity contribution is 5.76. The average molecular weight is 869 g/mol. The molecule has 0 rings (SSSR count). The zero-order valence-corrected chi connectivity index (χ0v) is 41.9. The Morgan fingerprint density at radius 2 is 0.677 bits per heavy atom. The minimum Gasteiger partial charge on any atom is -0.394 e. The standard InChI is InChI=1S/C58H109NO3/c1-3-5-7-9-11-13-15-17-19-20-21-22-23-24-25-26-27-28-29-30-31-32-33-34-35-36-37-38-40-42-44-46-48-50-52-54-58(62)59-56(55-60)57(61)53-51-49-47-45-43-41-39-18-16-14-12-10-8-6-4-2/h23-24,26-27,43,45,51,53,56-57,60-61H,3-22,25,28-42,44,46-50,52,54-55H2,1-2H3,(H,59,62)/b24-23-,27-26-,45-43+,53-51+. The van der Waals surface area contributed by atoms with E-state index in [1.807, 2.05) is 6.08 Å². The summed E-state index contributed by atoms with van der Waals surface area (Å²) in [5.41, 5.74) is 0. The van der Waals surface area contributed by atoms with E-state index in [4.69, 9.17) is 0 Å². The molecule has 0 radical (unpaired) electrons. The molecular weight excluding hydrogens is 759 g/mol. The van der Waals surface area contributed by atoms with E-state index in [1.54, 1.807) is 6.08 Å². The molecule has 0 saturated heterocycles. The number of hydrogen-bond acceptors (Lipinski definition) is 3. The van der Waals surface area contributed by atoms with Crippen LogP contribution in [0.2, 0.25) is 0 Å². The Kier molecular flexibility index (Phi) is 52.3. The van der Waals surface area contributed by atoms with Gasteiger partial charge in [0.25, 0.3) is 0 Å². The van der Waals surface area contributed by atoms with Crippen LogP contribution in [-0.4, -0.2) is 34.9 Å². The van der Waals surface area contributed by atoms with E-state index in [2.05, 4.69) is 55.6 Å². The van der Waals surface area contributed by atoms with Gasteiger partial charge in [0.1, 0.15) is 0 Å². The van der Waals surface area contributed by atoms with Gasteiger partial charge < -0.3 is 15.5 Å². The van der Waals surface area contributed by atoms with Crippen molar-refractivity contribution in [3.8, 4) is 0 Å². The average Bonchev–Trinajstić information content (AvgIpc) is 3.28. The van der Waals surface area contributed by atoms with Crippen LogP contribution in [0.4, 0.5) is 0 Å². The first-order chi connectivity index (χ1) is 30.7. The fraction of sp³-hybridized carbons (Fsp3) is 0.845. The molecule has 0 aliphatic carbocycles. The molecule has 0 fully saturated rings. The van der Waals surface area contributed by atoms with E-state index in [0.29, 0.717) is 6.42 Å². The Morgan fingerprint density at radius 1 is 0.387 bits per heavy atom. The normalized spacial score (nSPS) is 13.2. The van der Waals surface area contributed by atoms with Gasteiger partial charge in [0.15, 0.2) is 0 Å². The summed E-state index contributed by atoms with van der Waals surface area (Å²) in [6.45, 7) is 4.31. The maximum atomic E-state index is 12.4. The van der Waals surface area contributed by atoms with Crippen LogP contribution in [0.5, 0.6) is 0 Å². The monoisotopic (exact) mass is 868 g/mol. The molecule has 3 N–H and O–H groups in total. The number of allylic oxidation sites excluding steroid dienone is 7. The summed E-state index contributed by atoms with van der Waals surface area (Å²) >= 11 is 0. The Labute approximate surface area is 388 Å². The second kappa shape index (κ2) is 53.7. The minimum atomic E-state index is -0.861. The molecule has 2 unspecified atom stereocenters. The molecule has 62 heavy (non-hydrogen) atoms. The molecule has 4 nitrogen and oxygen atoms in total. The number of carbonyl (C=O) groups excluding carboxylic acids is 1. The number of carbonyl (C=O) groups is 1. The van der Waals surface area contributed by atoms with Crippen molar-refractivity contribution in [1.82, 2.24) is 5.32 Å². The lowest BCUT2D eigenvalue weighted by atomic mass is 10.0. The third-order valence-corrected chi connectivity index (χ3v) is 12.8. The first-order valence-electron chi connectivity index (χ1n) is 27.9. The highest BCUT2D eigenvalue weighted by atomic mass is 16.3. The fourth-order valence-electron chi connectivity index (χ4n) is 8.52. The van der Waals surface area contributed by atoms with Gasteiger partial charge in [-0.3, -0.25) is 4.79 Å². The third-order valence-electron chi connectivity index (χ3n) is 12.8. The summed E-state index contributed by atoms with van der Waals surface area (Å²) < 4.78 is 0. The summed E-state index contributed by atoms with van der Waals surface area (Å²) in [5, 5.41) is 23.1. The van der Waals surface area contributed by atoms with Gasteiger partial charge in [0.2, 0.25) is 5.91 Å². The van der Waals surface area contributed by atoms with Crippen molar-refractivity contribution in [2.75, 3.05) is 6.61 Å². The van der Waals surface area contributed by atoms with Crippen molar-refractivity contribution in [2.45, 2.75) is 309 Å². The number of amides is 1. The van der Waals surface area contributed by atoms with Crippen molar-refractivity contribution >= 4 is 5.91 Å². The Morgan fingerprint density at radius 3 is 1.03 bits per heavy atom. The zero-order valence-electron chi connectivity index (χ0n) is 41.9. The van der Waals surface area contributed by atoms with E-state index in [9.17, 15) is 15.0 Å². The molecule has 0 aromatic rings. The molecule has 0 bridgehead atoms. The van der Waals surface area contributed by atoms with Crippen LogP contribution >= 0.6 is 0 Å². The lowest BCUT2D eigenvalue weighted by Crippen LogP contribution is -2.45. The highest BCUT2D eigenvalue weighted by Crippen LogP contribution is 2.16. The van der Waals surface area contributed by atoms with Crippen molar-refractivity contribution in [1.29, 1.82) is 0 Å². The van der Waals surface area contributed by atoms with E-state index in [1.165, 1.54) is 238 Å². The summed E-state index contributed by atoms with van der Waals surface area (Å²) in [6, 6.07) is -0.638. The van der Waals surface area contributed by atoms with Gasteiger partial charge in [-0.05, 0) is 64.2 Å². The van der Waals surface area contributed by atoms with E-state index in [0.717, 1.165) is 38.5 Å². The van der Waals surface area contributed by atoms with Crippen LogP contribution in [0.1, 0.15) is 296 Å². The molecule has 0 spiro atoms. The zero-order chi connectivity index (χ0) is 44.9. The smallest absolute Gasteiger partial charge is 0.220 e. The van der Waals surface area contributed by atoms with Gasteiger partial charge in [0.05, 0.1) is 18.8 Å². The summed E-state index contributed by atoms with van der Waals surface area (Å²) in [6.07, 6.45) is 74.2. The molecule has 364 valence electrons. The van der Waals surface area contributed by atoms with Crippen LogP contribution in [0, 0.1) is 0 Å². The minimum absolute atomic E-state index is 0.0715. The molecular formula is C58H109NO3. The summed E-state index contributed by atoms with van der Waals surface area (Å²) in [4.78, 5) is 12.4. The van der Waals surface area contributed by atoms with Crippen LogP contribution in [0.15, 0.2) is 48.6 Å². The van der Waals surface area contributed by atoms with Gasteiger partial charge in [-0.15, -0.1) is 0 Å². The molecule has 4 heteroatoms. The predicted molar refractivity (Wildman–Crippen MR) is 276 cm³/mol. The lowest BCUT2D eigenvalue weighted by molar-refractivity contribution is -0.123. The van der Waals surface area contributed by atoms with Crippen LogP contribution in [0.3, 0.4) is 0 Å². The van der Waals surface area contributed by atoms with Gasteiger partial charge in [-0.25, -0.2) is 0 Å². The van der Waals surface area contributed by atoms with Crippen LogP contribution < -0.4 is 5.32 Å². The molecule has 0 aromatic carbocycles. The first kappa shape index (κ1) is 60.4. The van der Waals surface area contributed by atoms with Crippen LogP contribution in [-0.2, 0) is 4.79 Å². The molecule has 0 aliphatic rings. The molecule has 2 atom stereocenters. The second-order valence-electron chi connectivity index (χ2n) is 19.0. The maximum Gasteiger partial charge on any atom is 0.220 e. The fourth-order valence-corrected chi connectivity index (χ4v) is 8.52. The first-order valence-corrected chi connectivity index (χ1v) is 27.9. The van der Waals surface area contributed by atoms with Gasteiger partial charge >= 0.3 is 0 Å². The number of unbranched alkanes of at least 4 members (excludes halogenated alkanes) is 38. The molecule has 0 saturated carbocycles. The molecule has 1 amide bonds. The predicted octanol–water partition coefficient (Wildman–Crippen LogP) is 18.3. The van der Waals surface area contributed by atoms with Crippen molar-refractivity contribution in [3.63, 3.8) is 0 Å². The third kappa shape index (κ3) is 49.4. The van der Waals surface area contributed by atoms with Crippen molar-refractivity contribution < 1.29 is 15.0 Å². The van der Waals surface area contributed by atoms with E-state index < -0.39 is 12.1 Å². The van der Waals surface area contributed by atoms with Crippen LogP contribution in [0.25, 0.3) is 0 Å². The largest absolute Gasteiger partial charge is 0.394 e. The molecule has 0 aliphatic heterocycles. The number of aliphatic hydroxyl groups excluding tert-OH is 2. The molecule has 0 heterocycles. The summed E-state index contributed by atoms with van der Waals surface area (Å²) in [7, 11) is 0. The Bertz CT molecular complexity index is 985. The second-order valence-corrected chi connectivity index (χ2v) is 19.0. The number of nitrogens with one attached hydrogen (secondary N) is 1. The van der Waals surface area contributed by atoms with Crippen molar-refractivity contribution in [3.05, 3.63) is 48.6 Å².